The van der Waals surface area contributed by atoms with Crippen molar-refractivity contribution in [2.24, 2.45) is 0 Å². The highest BCUT2D eigenvalue weighted by atomic mass is 32.2. The summed E-state index contributed by atoms with van der Waals surface area (Å²) < 4.78 is 31.3. The lowest BCUT2D eigenvalue weighted by Gasteiger charge is -2.18. The molecule has 5 nitrogen and oxygen atoms in total. The number of aryl methyl sites for hydroxylation is 1. The first-order valence-corrected chi connectivity index (χ1v) is 7.62. The maximum Gasteiger partial charge on any atom is 0.242 e. The fraction of sp³-hybridized carbons (Fsp3) is 0.538. The topological polar surface area (TPSA) is 72.6 Å². The van der Waals surface area contributed by atoms with Gasteiger partial charge in [0.1, 0.15) is 0 Å². The average molecular weight is 286 g/mol. The summed E-state index contributed by atoms with van der Waals surface area (Å²) in [6, 6.07) is 4.83. The number of hydrogen-bond acceptors (Lipinski definition) is 4. The maximum atomic E-state index is 12.3. The van der Waals surface area contributed by atoms with Crippen LogP contribution in [0.25, 0.3) is 0 Å². The van der Waals surface area contributed by atoms with Crippen LogP contribution in [0.1, 0.15) is 19.4 Å². The summed E-state index contributed by atoms with van der Waals surface area (Å²) in [6.07, 6.45) is 0.0886. The van der Waals surface area contributed by atoms with Crippen LogP contribution in [0.2, 0.25) is 0 Å². The number of rotatable bonds is 6. The molecule has 0 saturated carbocycles. The van der Waals surface area contributed by atoms with E-state index >= 15 is 0 Å². The van der Waals surface area contributed by atoms with Crippen molar-refractivity contribution in [3.63, 3.8) is 0 Å². The number of nitrogen functional groups attached to an aromatic ring is 1. The van der Waals surface area contributed by atoms with Gasteiger partial charge in [-0.05, 0) is 44.5 Å². The Morgan fingerprint density at radius 2 is 1.95 bits per heavy atom. The molecule has 1 aromatic carbocycles. The normalized spacial score (nSPS) is 12.3. The van der Waals surface area contributed by atoms with E-state index < -0.39 is 10.0 Å². The third kappa shape index (κ3) is 4.49. The molecule has 0 aromatic heterocycles. The van der Waals surface area contributed by atoms with Crippen LogP contribution in [0.4, 0.5) is 5.69 Å². The van der Waals surface area contributed by atoms with Crippen molar-refractivity contribution < 1.29 is 13.2 Å². The maximum absolute atomic E-state index is 12.3. The molecule has 0 aliphatic carbocycles. The quantitative estimate of drug-likeness (QED) is 0.807. The molecule has 0 heterocycles. The second-order valence-corrected chi connectivity index (χ2v) is 6.87. The molecule has 0 aliphatic heterocycles. The van der Waals surface area contributed by atoms with Crippen LogP contribution in [-0.4, -0.2) is 39.0 Å². The number of likely N-dealkylation sites (N-methyl/N-ethyl adjacent to an activating group) is 1. The summed E-state index contributed by atoms with van der Waals surface area (Å²) in [4.78, 5) is 0.219. The number of nitrogens with zero attached hydrogens (tertiary/aromatic N) is 1. The van der Waals surface area contributed by atoms with E-state index in [1.165, 1.54) is 17.4 Å². The summed E-state index contributed by atoms with van der Waals surface area (Å²) >= 11 is 0. The predicted octanol–water partition coefficient (Wildman–Crippen LogP) is 1.62. The fourth-order valence-corrected chi connectivity index (χ4v) is 2.94. The first-order chi connectivity index (χ1) is 8.73. The second-order valence-electron chi connectivity index (χ2n) is 4.83. The third-order valence-electron chi connectivity index (χ3n) is 2.64. The van der Waals surface area contributed by atoms with Gasteiger partial charge in [0, 0.05) is 19.3 Å². The SMILES string of the molecule is Cc1cc(N)cc(S(=O)(=O)N(C)CCOC(C)C)c1. The van der Waals surface area contributed by atoms with Gasteiger partial charge in [0.25, 0.3) is 0 Å². The molecule has 2 N–H and O–H groups in total. The molecule has 1 aromatic rings. The van der Waals surface area contributed by atoms with Gasteiger partial charge in [-0.1, -0.05) is 0 Å². The second kappa shape index (κ2) is 6.36. The monoisotopic (exact) mass is 286 g/mol. The van der Waals surface area contributed by atoms with E-state index in [0.717, 1.165) is 5.56 Å². The Labute approximate surface area is 115 Å². The van der Waals surface area contributed by atoms with Crippen molar-refractivity contribution in [2.45, 2.75) is 31.8 Å². The van der Waals surface area contributed by atoms with Gasteiger partial charge in [-0.3, -0.25) is 0 Å². The van der Waals surface area contributed by atoms with Crippen LogP contribution in [-0.2, 0) is 14.8 Å². The van der Waals surface area contributed by atoms with Crippen LogP contribution < -0.4 is 5.73 Å². The molecule has 0 fully saturated rings. The molecular formula is C13H22N2O3S. The summed E-state index contributed by atoms with van der Waals surface area (Å²) in [5.74, 6) is 0. The van der Waals surface area contributed by atoms with Crippen molar-refractivity contribution in [2.75, 3.05) is 25.9 Å². The van der Waals surface area contributed by atoms with E-state index in [1.807, 2.05) is 20.8 Å². The van der Waals surface area contributed by atoms with Crippen molar-refractivity contribution in [1.29, 1.82) is 0 Å². The number of anilines is 1. The Kier molecular flexibility index (Phi) is 5.34. The predicted molar refractivity (Wildman–Crippen MR) is 76.5 cm³/mol. The molecule has 108 valence electrons. The summed E-state index contributed by atoms with van der Waals surface area (Å²) in [5.41, 5.74) is 6.96. The lowest BCUT2D eigenvalue weighted by atomic mass is 10.2. The molecule has 0 bridgehead atoms. The number of ether oxygens (including phenoxy) is 1. The summed E-state index contributed by atoms with van der Waals surface area (Å²) in [7, 11) is -1.97. The van der Waals surface area contributed by atoms with E-state index in [9.17, 15) is 8.42 Å². The molecule has 0 atom stereocenters. The minimum absolute atomic E-state index is 0.0886. The number of benzene rings is 1. The van der Waals surface area contributed by atoms with Gasteiger partial charge >= 0.3 is 0 Å². The molecule has 0 unspecified atom stereocenters. The largest absolute Gasteiger partial charge is 0.399 e. The van der Waals surface area contributed by atoms with Crippen LogP contribution in [0.5, 0.6) is 0 Å². The molecule has 0 spiro atoms. The molecule has 0 saturated heterocycles. The van der Waals surface area contributed by atoms with Crippen molar-refractivity contribution in [3.8, 4) is 0 Å². The van der Waals surface area contributed by atoms with Gasteiger partial charge in [0.2, 0.25) is 10.0 Å². The number of sulfonamides is 1. The van der Waals surface area contributed by atoms with Crippen LogP contribution in [0, 0.1) is 6.92 Å². The highest BCUT2D eigenvalue weighted by Crippen LogP contribution is 2.19. The number of nitrogens with two attached hydrogens (primary N) is 1. The Morgan fingerprint density at radius 1 is 1.32 bits per heavy atom. The molecule has 0 aliphatic rings. The van der Waals surface area contributed by atoms with E-state index in [0.29, 0.717) is 18.8 Å². The van der Waals surface area contributed by atoms with Crippen LogP contribution in [0.3, 0.4) is 0 Å². The fourth-order valence-electron chi connectivity index (χ4n) is 1.64. The standard InChI is InChI=1S/C13H22N2O3S/c1-10(2)18-6-5-15(4)19(16,17)13-8-11(3)7-12(14)9-13/h7-10H,5-6,14H2,1-4H3. The lowest BCUT2D eigenvalue weighted by molar-refractivity contribution is 0.0737. The third-order valence-corrected chi connectivity index (χ3v) is 4.47. The van der Waals surface area contributed by atoms with Crippen molar-refractivity contribution in [3.05, 3.63) is 23.8 Å². The smallest absolute Gasteiger partial charge is 0.242 e. The summed E-state index contributed by atoms with van der Waals surface area (Å²) in [5, 5.41) is 0. The van der Waals surface area contributed by atoms with E-state index in [4.69, 9.17) is 10.5 Å². The summed E-state index contributed by atoms with van der Waals surface area (Å²) in [6.45, 7) is 6.33. The first-order valence-electron chi connectivity index (χ1n) is 6.18. The minimum atomic E-state index is -3.51. The molecule has 1 rings (SSSR count). The first kappa shape index (κ1) is 15.9. The van der Waals surface area contributed by atoms with Crippen LogP contribution in [0.15, 0.2) is 23.1 Å². The van der Waals surface area contributed by atoms with Gasteiger partial charge in [0.15, 0.2) is 0 Å². The molecule has 0 amide bonds. The van der Waals surface area contributed by atoms with Gasteiger partial charge in [-0.15, -0.1) is 0 Å². The van der Waals surface area contributed by atoms with Gasteiger partial charge in [-0.25, -0.2) is 8.42 Å². The van der Waals surface area contributed by atoms with E-state index in [-0.39, 0.29) is 11.0 Å². The Balaban J connectivity index is 2.84. The zero-order valence-electron chi connectivity index (χ0n) is 11.9. The Morgan fingerprint density at radius 3 is 2.47 bits per heavy atom. The van der Waals surface area contributed by atoms with Gasteiger partial charge < -0.3 is 10.5 Å². The van der Waals surface area contributed by atoms with E-state index in [1.54, 1.807) is 12.1 Å². The highest BCUT2D eigenvalue weighted by molar-refractivity contribution is 7.89. The van der Waals surface area contributed by atoms with E-state index in [2.05, 4.69) is 0 Å². The van der Waals surface area contributed by atoms with Gasteiger partial charge in [-0.2, -0.15) is 4.31 Å². The van der Waals surface area contributed by atoms with Crippen molar-refractivity contribution >= 4 is 15.7 Å². The molecular weight excluding hydrogens is 264 g/mol. The minimum Gasteiger partial charge on any atom is -0.399 e. The molecule has 6 heteroatoms. The molecule has 0 radical (unpaired) electrons. The Hall–Kier alpha value is -1.11. The lowest BCUT2D eigenvalue weighted by Crippen LogP contribution is -2.31. The van der Waals surface area contributed by atoms with Gasteiger partial charge in [0.05, 0.1) is 17.6 Å². The molecule has 19 heavy (non-hydrogen) atoms. The highest BCUT2D eigenvalue weighted by Gasteiger charge is 2.21. The zero-order valence-corrected chi connectivity index (χ0v) is 12.7. The average Bonchev–Trinajstić information content (AvgIpc) is 2.26. The zero-order chi connectivity index (χ0) is 14.6. The number of hydrogen-bond donors (Lipinski definition) is 1. The Bertz CT molecular complexity index is 506. The van der Waals surface area contributed by atoms with Crippen LogP contribution >= 0.6 is 0 Å². The van der Waals surface area contributed by atoms with Crippen molar-refractivity contribution in [1.82, 2.24) is 4.31 Å².